The Bertz CT molecular complexity index is 2160. The Morgan fingerprint density at radius 2 is 1.76 bits per heavy atom. The lowest BCUT2D eigenvalue weighted by Crippen LogP contribution is -2.71. The van der Waals surface area contributed by atoms with Crippen LogP contribution in [-0.4, -0.2) is 80.2 Å². The highest BCUT2D eigenvalue weighted by Gasteiger charge is 2.50. The number of amides is 2. The monoisotopic (exact) mass is 736 g/mol. The maximum absolute atomic E-state index is 14.3. The normalized spacial score (nSPS) is 18.0. The van der Waals surface area contributed by atoms with Gasteiger partial charge in [-0.1, -0.05) is 34.1 Å². The number of carbonyl (C=O) groups excluding carboxylic acids is 2. The van der Waals surface area contributed by atoms with Crippen LogP contribution in [0.15, 0.2) is 86.8 Å². The molecule has 5 aromatic rings. The van der Waals surface area contributed by atoms with E-state index in [1.54, 1.807) is 15.5 Å². The number of anilines is 1. The summed E-state index contributed by atoms with van der Waals surface area (Å²) in [5, 5.41) is 10.9. The fourth-order valence-electron chi connectivity index (χ4n) is 7.79. The van der Waals surface area contributed by atoms with Crippen molar-refractivity contribution in [1.82, 2.24) is 34.4 Å². The van der Waals surface area contributed by atoms with Crippen LogP contribution < -0.4 is 15.9 Å². The van der Waals surface area contributed by atoms with Gasteiger partial charge in [-0.15, -0.1) is 10.2 Å². The highest BCUT2D eigenvalue weighted by molar-refractivity contribution is 9.10. The molecular formula is C37H37BrN8O4. The minimum Gasteiger partial charge on any atom is -0.423 e. The standard InChI is InChI=1S/C37H37BrN8O4/c1-23-14-25(8-13-30(23)38)35(48)44-17-31-32(33(47)39-15-26-6-4-5-7-29(26)34-41-40-22-50-34)46(36(49)45(31)16-24(44)2)28-11-9-27(10-12-28)43-20-37(21-43)18-42(3)19-37/h4-14,22,24H,15-21H2,1-3H3,(H,39,47). The number of rotatable bonds is 7. The first kappa shape index (κ1) is 32.2. The van der Waals surface area contributed by atoms with Crippen molar-refractivity contribution in [3.63, 3.8) is 0 Å². The zero-order valence-corrected chi connectivity index (χ0v) is 29.7. The van der Waals surface area contributed by atoms with E-state index < -0.39 is 5.91 Å². The number of nitrogens with one attached hydrogen (secondary N) is 1. The van der Waals surface area contributed by atoms with E-state index in [0.717, 1.165) is 47.5 Å². The highest BCUT2D eigenvalue weighted by atomic mass is 79.9. The lowest BCUT2D eigenvalue weighted by Gasteiger charge is -2.60. The van der Waals surface area contributed by atoms with E-state index in [2.05, 4.69) is 48.3 Å². The van der Waals surface area contributed by atoms with Crippen LogP contribution in [0, 0.1) is 12.3 Å². The fraction of sp³-hybridized carbons (Fsp3) is 0.324. The number of nitrogens with zero attached hydrogens (tertiary/aromatic N) is 7. The van der Waals surface area contributed by atoms with E-state index in [1.165, 1.54) is 11.0 Å². The SMILES string of the molecule is Cc1cc(C(=O)N2Cc3c(C(=O)NCc4ccccc4-c4nnco4)n(-c4ccc(N5CC6(CN(C)C6)C5)cc4)c(=O)n3CC2C)ccc1Br. The molecule has 13 heteroatoms. The Hall–Kier alpha value is -5.01. The van der Waals surface area contributed by atoms with E-state index in [0.29, 0.717) is 33.8 Å². The summed E-state index contributed by atoms with van der Waals surface area (Å²) in [6.45, 7) is 8.62. The number of likely N-dealkylation sites (tertiary alicyclic amines) is 1. The summed E-state index contributed by atoms with van der Waals surface area (Å²) in [6.07, 6.45) is 1.26. The van der Waals surface area contributed by atoms with Gasteiger partial charge in [0.15, 0.2) is 0 Å². The third kappa shape index (κ3) is 5.54. The van der Waals surface area contributed by atoms with Crippen LogP contribution in [0.25, 0.3) is 17.1 Å². The second-order valence-electron chi connectivity index (χ2n) is 13.9. The Balaban J connectivity index is 1.14. The summed E-state index contributed by atoms with van der Waals surface area (Å²) in [6, 6.07) is 20.5. The number of hydrogen-bond donors (Lipinski definition) is 1. The van der Waals surface area contributed by atoms with Crippen molar-refractivity contribution in [3.05, 3.63) is 116 Å². The van der Waals surface area contributed by atoms with Gasteiger partial charge < -0.3 is 24.4 Å². The Morgan fingerprint density at radius 1 is 1.02 bits per heavy atom. The second kappa shape index (κ2) is 12.4. The number of aryl methyl sites for hydroxylation is 1. The van der Waals surface area contributed by atoms with Crippen LogP contribution in [0.5, 0.6) is 0 Å². The first-order chi connectivity index (χ1) is 24.1. The average Bonchev–Trinajstić information content (AvgIpc) is 3.72. The number of halogens is 1. The maximum Gasteiger partial charge on any atom is 0.333 e. The smallest absolute Gasteiger partial charge is 0.333 e. The van der Waals surface area contributed by atoms with Crippen LogP contribution in [0.4, 0.5) is 5.69 Å². The van der Waals surface area contributed by atoms with Crippen LogP contribution in [-0.2, 0) is 19.6 Å². The van der Waals surface area contributed by atoms with E-state index >= 15 is 0 Å². The van der Waals surface area contributed by atoms with E-state index in [4.69, 9.17) is 4.42 Å². The predicted octanol–water partition coefficient (Wildman–Crippen LogP) is 4.49. The van der Waals surface area contributed by atoms with Crippen molar-refractivity contribution >= 4 is 33.4 Å². The Morgan fingerprint density at radius 3 is 2.46 bits per heavy atom. The number of fused-ring (bicyclic) bond motifs is 1. The van der Waals surface area contributed by atoms with Gasteiger partial charge in [0.05, 0.1) is 17.9 Å². The quantitative estimate of drug-likeness (QED) is 0.260. The molecule has 12 nitrogen and oxygen atoms in total. The van der Waals surface area contributed by atoms with Gasteiger partial charge in [-0.05, 0) is 80.6 Å². The second-order valence-corrected chi connectivity index (χ2v) is 14.8. The number of imidazole rings is 1. The molecule has 1 unspecified atom stereocenters. The molecule has 50 heavy (non-hydrogen) atoms. The minimum atomic E-state index is -0.430. The molecule has 0 saturated carbocycles. The summed E-state index contributed by atoms with van der Waals surface area (Å²) < 4.78 is 9.48. The zero-order valence-electron chi connectivity index (χ0n) is 28.1. The molecule has 3 aromatic carbocycles. The molecule has 0 bridgehead atoms. The predicted molar refractivity (Wildman–Crippen MR) is 191 cm³/mol. The molecule has 2 aromatic heterocycles. The van der Waals surface area contributed by atoms with Crippen molar-refractivity contribution in [2.45, 2.75) is 39.5 Å². The van der Waals surface area contributed by atoms with Crippen molar-refractivity contribution in [3.8, 4) is 17.1 Å². The molecule has 2 saturated heterocycles. The van der Waals surface area contributed by atoms with Crippen molar-refractivity contribution in [2.24, 2.45) is 5.41 Å². The molecule has 1 spiro atoms. The van der Waals surface area contributed by atoms with Crippen molar-refractivity contribution in [2.75, 3.05) is 38.1 Å². The van der Waals surface area contributed by atoms with Crippen molar-refractivity contribution in [1.29, 1.82) is 0 Å². The van der Waals surface area contributed by atoms with Gasteiger partial charge in [0.2, 0.25) is 12.3 Å². The lowest BCUT2D eigenvalue weighted by molar-refractivity contribution is -0.00238. The van der Waals surface area contributed by atoms with E-state index in [1.807, 2.05) is 74.5 Å². The van der Waals surface area contributed by atoms with Gasteiger partial charge in [0.1, 0.15) is 5.69 Å². The van der Waals surface area contributed by atoms with Gasteiger partial charge in [0, 0.05) is 72.0 Å². The largest absolute Gasteiger partial charge is 0.423 e. The molecule has 3 aliphatic rings. The summed E-state index contributed by atoms with van der Waals surface area (Å²) >= 11 is 3.52. The molecule has 5 heterocycles. The van der Waals surface area contributed by atoms with Gasteiger partial charge >= 0.3 is 5.69 Å². The topological polar surface area (TPSA) is 122 Å². The molecule has 256 valence electrons. The molecule has 0 aliphatic carbocycles. The first-order valence-corrected chi connectivity index (χ1v) is 17.5. The lowest BCUT2D eigenvalue weighted by atomic mass is 9.73. The minimum absolute atomic E-state index is 0.0983. The maximum atomic E-state index is 14.3. The van der Waals surface area contributed by atoms with Crippen LogP contribution in [0.2, 0.25) is 0 Å². The number of benzene rings is 3. The zero-order chi connectivity index (χ0) is 34.7. The van der Waals surface area contributed by atoms with Crippen molar-refractivity contribution < 1.29 is 14.0 Å². The van der Waals surface area contributed by atoms with Crippen LogP contribution in [0.1, 0.15) is 44.6 Å². The third-order valence-corrected chi connectivity index (χ3v) is 11.1. The van der Waals surface area contributed by atoms with Crippen LogP contribution in [0.3, 0.4) is 0 Å². The number of carbonyl (C=O) groups is 2. The molecule has 3 aliphatic heterocycles. The fourth-order valence-corrected chi connectivity index (χ4v) is 8.04. The Kier molecular flexibility index (Phi) is 7.98. The van der Waals surface area contributed by atoms with Gasteiger partial charge in [0.25, 0.3) is 11.8 Å². The first-order valence-electron chi connectivity index (χ1n) is 16.7. The summed E-state index contributed by atoms with van der Waals surface area (Å²) in [7, 11) is 2.15. The van der Waals surface area contributed by atoms with E-state index in [9.17, 15) is 14.4 Å². The Labute approximate surface area is 297 Å². The van der Waals surface area contributed by atoms with Gasteiger partial charge in [-0.3, -0.25) is 18.7 Å². The summed E-state index contributed by atoms with van der Waals surface area (Å²) in [4.78, 5) is 48.9. The molecule has 2 fully saturated rings. The molecule has 0 radical (unpaired) electrons. The summed E-state index contributed by atoms with van der Waals surface area (Å²) in [5.41, 5.74) is 5.41. The molecule has 2 amide bonds. The number of aromatic nitrogens is 4. The third-order valence-electron chi connectivity index (χ3n) is 10.2. The van der Waals surface area contributed by atoms with Crippen LogP contribution >= 0.6 is 15.9 Å². The number of hydrogen-bond acceptors (Lipinski definition) is 8. The average molecular weight is 738 g/mol. The molecule has 1 atom stereocenters. The van der Waals surface area contributed by atoms with Gasteiger partial charge in [-0.25, -0.2) is 4.79 Å². The molecular weight excluding hydrogens is 700 g/mol. The molecule has 1 N–H and O–H groups in total. The molecule has 8 rings (SSSR count). The summed E-state index contributed by atoms with van der Waals surface area (Å²) in [5.74, 6) is -0.244. The highest BCUT2D eigenvalue weighted by Crippen LogP contribution is 2.41. The van der Waals surface area contributed by atoms with E-state index in [-0.39, 0.29) is 43.0 Å². The van der Waals surface area contributed by atoms with Gasteiger partial charge in [-0.2, -0.15) is 0 Å².